The Kier molecular flexibility index (Phi) is 2.69. The Hall–Kier alpha value is -0.790. The third-order valence-corrected chi connectivity index (χ3v) is 2.39. The molecule has 1 fully saturated rings. The molecule has 62 valence electrons. The van der Waals surface area contributed by atoms with Crippen LogP contribution < -0.4 is 0 Å². The summed E-state index contributed by atoms with van der Waals surface area (Å²) in [5.74, 6) is 0.0527. The Morgan fingerprint density at radius 3 is 2.55 bits per heavy atom. The van der Waals surface area contributed by atoms with E-state index in [0.717, 1.165) is 12.8 Å². The van der Waals surface area contributed by atoms with Crippen molar-refractivity contribution in [3.63, 3.8) is 0 Å². The van der Waals surface area contributed by atoms with Crippen LogP contribution in [0.5, 0.6) is 0 Å². The van der Waals surface area contributed by atoms with Crippen LogP contribution in [-0.4, -0.2) is 23.9 Å². The largest absolute Gasteiger partial charge is 0.339 e. The predicted molar refractivity (Wildman–Crippen MR) is 45.2 cm³/mol. The van der Waals surface area contributed by atoms with Crippen molar-refractivity contribution in [3.05, 3.63) is 12.7 Å². The van der Waals surface area contributed by atoms with Crippen molar-refractivity contribution >= 4 is 5.91 Å². The number of hydrogen-bond acceptors (Lipinski definition) is 1. The van der Waals surface area contributed by atoms with Gasteiger partial charge in [0.2, 0.25) is 5.91 Å². The molecule has 0 aliphatic heterocycles. The zero-order chi connectivity index (χ0) is 8.27. The van der Waals surface area contributed by atoms with Gasteiger partial charge in [-0.1, -0.05) is 19.4 Å². The molecule has 0 N–H and O–H groups in total. The molecule has 1 rings (SSSR count). The molecule has 0 spiro atoms. The summed E-state index contributed by atoms with van der Waals surface area (Å²) < 4.78 is 0. The van der Waals surface area contributed by atoms with Crippen molar-refractivity contribution in [1.82, 2.24) is 4.90 Å². The quantitative estimate of drug-likeness (QED) is 0.551. The van der Waals surface area contributed by atoms with Crippen LogP contribution in [0.25, 0.3) is 0 Å². The lowest BCUT2D eigenvalue weighted by atomic mass is 10.2. The summed E-state index contributed by atoms with van der Waals surface area (Å²) in [6.45, 7) is 3.46. The van der Waals surface area contributed by atoms with E-state index < -0.39 is 0 Å². The number of carbonyl (C=O) groups excluding carboxylic acids is 1. The molecule has 1 amide bonds. The van der Waals surface area contributed by atoms with E-state index in [1.807, 2.05) is 7.05 Å². The first-order valence-corrected chi connectivity index (χ1v) is 4.15. The second kappa shape index (κ2) is 3.56. The second-order valence-corrected chi connectivity index (χ2v) is 3.09. The third-order valence-electron chi connectivity index (χ3n) is 2.39. The van der Waals surface area contributed by atoms with E-state index in [2.05, 4.69) is 6.58 Å². The Balaban J connectivity index is 2.45. The maximum atomic E-state index is 11.1. The van der Waals surface area contributed by atoms with E-state index in [4.69, 9.17) is 0 Å². The van der Waals surface area contributed by atoms with Gasteiger partial charge in [0.05, 0.1) is 0 Å². The van der Waals surface area contributed by atoms with Gasteiger partial charge in [0.25, 0.3) is 0 Å². The highest BCUT2D eigenvalue weighted by atomic mass is 16.2. The molecular weight excluding hydrogens is 138 g/mol. The minimum Gasteiger partial charge on any atom is -0.339 e. The van der Waals surface area contributed by atoms with Gasteiger partial charge in [0, 0.05) is 13.1 Å². The normalized spacial score (nSPS) is 18.3. The van der Waals surface area contributed by atoms with Gasteiger partial charge in [-0.3, -0.25) is 4.79 Å². The van der Waals surface area contributed by atoms with Crippen LogP contribution in [0.15, 0.2) is 12.7 Å². The molecular formula is C9H15NO. The molecule has 0 aromatic carbocycles. The van der Waals surface area contributed by atoms with Crippen LogP contribution in [-0.2, 0) is 4.79 Å². The number of hydrogen-bond donors (Lipinski definition) is 0. The zero-order valence-electron chi connectivity index (χ0n) is 7.05. The first-order valence-electron chi connectivity index (χ1n) is 4.15. The van der Waals surface area contributed by atoms with E-state index in [9.17, 15) is 4.79 Å². The third kappa shape index (κ3) is 1.82. The van der Waals surface area contributed by atoms with Gasteiger partial charge in [-0.05, 0) is 18.9 Å². The summed E-state index contributed by atoms with van der Waals surface area (Å²) in [5, 5.41) is 0. The summed E-state index contributed by atoms with van der Waals surface area (Å²) in [4.78, 5) is 12.9. The highest BCUT2D eigenvalue weighted by Gasteiger charge is 2.21. The number of amides is 1. The smallest absolute Gasteiger partial charge is 0.245 e. The van der Waals surface area contributed by atoms with E-state index >= 15 is 0 Å². The monoisotopic (exact) mass is 153 g/mol. The fraction of sp³-hybridized carbons (Fsp3) is 0.667. The lowest BCUT2D eigenvalue weighted by Crippen LogP contribution is -2.33. The summed E-state index contributed by atoms with van der Waals surface area (Å²) in [6, 6.07) is 0.473. The Bertz CT molecular complexity index is 159. The number of likely N-dealkylation sites (N-methyl/N-ethyl adjacent to an activating group) is 1. The molecule has 0 radical (unpaired) electrons. The molecule has 2 heteroatoms. The molecule has 0 aromatic heterocycles. The molecule has 0 bridgehead atoms. The average Bonchev–Trinajstić information content (AvgIpc) is 2.53. The van der Waals surface area contributed by atoms with Crippen molar-refractivity contribution in [2.75, 3.05) is 7.05 Å². The molecule has 0 saturated heterocycles. The van der Waals surface area contributed by atoms with Crippen LogP contribution in [0.1, 0.15) is 25.7 Å². The number of nitrogens with zero attached hydrogens (tertiary/aromatic N) is 1. The van der Waals surface area contributed by atoms with Gasteiger partial charge in [-0.25, -0.2) is 0 Å². The summed E-state index contributed by atoms with van der Waals surface area (Å²) >= 11 is 0. The van der Waals surface area contributed by atoms with E-state index in [-0.39, 0.29) is 5.91 Å². The maximum absolute atomic E-state index is 11.1. The van der Waals surface area contributed by atoms with E-state index in [0.29, 0.717) is 6.04 Å². The van der Waals surface area contributed by atoms with E-state index in [1.54, 1.807) is 4.90 Å². The Labute approximate surface area is 67.9 Å². The summed E-state index contributed by atoms with van der Waals surface area (Å²) in [5.41, 5.74) is 0. The molecule has 1 aliphatic carbocycles. The highest BCUT2D eigenvalue weighted by Crippen LogP contribution is 2.22. The lowest BCUT2D eigenvalue weighted by Gasteiger charge is -2.22. The summed E-state index contributed by atoms with van der Waals surface area (Å²) in [7, 11) is 1.86. The molecule has 0 atom stereocenters. The number of carbonyl (C=O) groups is 1. The van der Waals surface area contributed by atoms with Crippen molar-refractivity contribution in [3.8, 4) is 0 Å². The van der Waals surface area contributed by atoms with Crippen molar-refractivity contribution in [2.24, 2.45) is 0 Å². The molecule has 2 nitrogen and oxygen atoms in total. The highest BCUT2D eigenvalue weighted by molar-refractivity contribution is 5.87. The predicted octanol–water partition coefficient (Wildman–Crippen LogP) is 1.57. The topological polar surface area (TPSA) is 20.3 Å². The molecule has 1 aliphatic rings. The molecule has 1 saturated carbocycles. The van der Waals surface area contributed by atoms with Crippen molar-refractivity contribution < 1.29 is 4.79 Å². The Morgan fingerprint density at radius 1 is 1.55 bits per heavy atom. The van der Waals surface area contributed by atoms with Gasteiger partial charge in [0.1, 0.15) is 0 Å². The Morgan fingerprint density at radius 2 is 2.09 bits per heavy atom. The first-order chi connectivity index (χ1) is 5.25. The van der Waals surface area contributed by atoms with Crippen LogP contribution in [0, 0.1) is 0 Å². The van der Waals surface area contributed by atoms with Gasteiger partial charge < -0.3 is 4.90 Å². The average molecular weight is 153 g/mol. The van der Waals surface area contributed by atoms with Gasteiger partial charge >= 0.3 is 0 Å². The SMILES string of the molecule is C=CC(=O)N(C)C1CCCC1. The van der Waals surface area contributed by atoms with Crippen LogP contribution in [0.2, 0.25) is 0 Å². The van der Waals surface area contributed by atoms with Gasteiger partial charge in [-0.15, -0.1) is 0 Å². The zero-order valence-corrected chi connectivity index (χ0v) is 7.05. The molecule has 0 heterocycles. The van der Waals surface area contributed by atoms with E-state index in [1.165, 1.54) is 18.9 Å². The van der Waals surface area contributed by atoms with Crippen LogP contribution >= 0.6 is 0 Å². The van der Waals surface area contributed by atoms with Crippen LogP contribution in [0.4, 0.5) is 0 Å². The van der Waals surface area contributed by atoms with Gasteiger partial charge in [0.15, 0.2) is 0 Å². The fourth-order valence-corrected chi connectivity index (χ4v) is 1.62. The molecule has 11 heavy (non-hydrogen) atoms. The van der Waals surface area contributed by atoms with Crippen LogP contribution in [0.3, 0.4) is 0 Å². The van der Waals surface area contributed by atoms with Crippen molar-refractivity contribution in [2.45, 2.75) is 31.7 Å². The standard InChI is InChI=1S/C9H15NO/c1-3-9(11)10(2)8-6-4-5-7-8/h3,8H,1,4-7H2,2H3. The minimum atomic E-state index is 0.0527. The lowest BCUT2D eigenvalue weighted by molar-refractivity contribution is -0.126. The van der Waals surface area contributed by atoms with Crippen molar-refractivity contribution in [1.29, 1.82) is 0 Å². The summed E-state index contributed by atoms with van der Waals surface area (Å²) in [6.07, 6.45) is 6.24. The minimum absolute atomic E-state index is 0.0527. The molecule has 0 aromatic rings. The maximum Gasteiger partial charge on any atom is 0.245 e. The first kappa shape index (κ1) is 8.31. The van der Waals surface area contributed by atoms with Gasteiger partial charge in [-0.2, -0.15) is 0 Å². The molecule has 0 unspecified atom stereocenters. The second-order valence-electron chi connectivity index (χ2n) is 3.09. The number of rotatable bonds is 2. The fourth-order valence-electron chi connectivity index (χ4n) is 1.62.